The van der Waals surface area contributed by atoms with Crippen LogP contribution in [-0.2, 0) is 14.4 Å². The van der Waals surface area contributed by atoms with Gasteiger partial charge in [0.2, 0.25) is 11.8 Å². The number of guanidine groups is 1. The number of hydrogen-bond donors (Lipinski definition) is 7. The fraction of sp³-hybridized carbons (Fsp3) is 0.636. The number of carbonyl (C=O) groups is 3. The molecule has 0 saturated carbocycles. The first-order valence-corrected chi connectivity index (χ1v) is 7.13. The summed E-state index contributed by atoms with van der Waals surface area (Å²) in [5.41, 5.74) is 15.5. The van der Waals surface area contributed by atoms with E-state index >= 15 is 0 Å². The molecule has 0 spiro atoms. The van der Waals surface area contributed by atoms with Crippen LogP contribution in [0.1, 0.15) is 12.8 Å². The SMILES string of the molecule is NCC(=O)NC(CCCN=C(N)N)C(=O)NC(CS)C(=O)O. The number of aliphatic carboxylic acids is 1. The average molecular weight is 334 g/mol. The van der Waals surface area contributed by atoms with Crippen LogP contribution in [0.3, 0.4) is 0 Å². The summed E-state index contributed by atoms with van der Waals surface area (Å²) in [5, 5.41) is 13.6. The van der Waals surface area contributed by atoms with Crippen molar-refractivity contribution >= 4 is 36.4 Å². The standard InChI is InChI=1S/C11H22N6O4S/c12-4-8(18)16-6(2-1-3-15-11(13)14)9(19)17-7(5-22)10(20)21/h6-7,22H,1-5,12H2,(H,16,18)(H,17,19)(H,20,21)(H4,13,14,15). The lowest BCUT2D eigenvalue weighted by atomic mass is 10.1. The zero-order valence-corrected chi connectivity index (χ0v) is 12.9. The third-order valence-electron chi connectivity index (χ3n) is 2.58. The Labute approximate surface area is 133 Å². The molecule has 0 aromatic heterocycles. The summed E-state index contributed by atoms with van der Waals surface area (Å²) in [7, 11) is 0. The third-order valence-corrected chi connectivity index (χ3v) is 2.94. The van der Waals surface area contributed by atoms with Gasteiger partial charge in [-0.15, -0.1) is 0 Å². The maximum absolute atomic E-state index is 12.0. The van der Waals surface area contributed by atoms with Crippen molar-refractivity contribution in [3.63, 3.8) is 0 Å². The minimum Gasteiger partial charge on any atom is -0.480 e. The number of carbonyl (C=O) groups excluding carboxylic acids is 2. The minimum atomic E-state index is -1.22. The molecule has 0 saturated heterocycles. The zero-order chi connectivity index (χ0) is 17.1. The van der Waals surface area contributed by atoms with Crippen LogP contribution < -0.4 is 27.8 Å². The second-order valence-electron chi connectivity index (χ2n) is 4.36. The fourth-order valence-electron chi connectivity index (χ4n) is 1.48. The predicted octanol–water partition coefficient (Wildman–Crippen LogP) is -3.02. The monoisotopic (exact) mass is 334 g/mol. The molecule has 2 atom stereocenters. The van der Waals surface area contributed by atoms with E-state index in [2.05, 4.69) is 28.3 Å². The van der Waals surface area contributed by atoms with Crippen LogP contribution in [0.5, 0.6) is 0 Å². The first-order chi connectivity index (χ1) is 10.3. The van der Waals surface area contributed by atoms with Gasteiger partial charge in [0, 0.05) is 12.3 Å². The lowest BCUT2D eigenvalue weighted by Gasteiger charge is -2.20. The normalized spacial score (nSPS) is 12.8. The van der Waals surface area contributed by atoms with Gasteiger partial charge in [0.05, 0.1) is 6.54 Å². The second-order valence-corrected chi connectivity index (χ2v) is 4.72. The maximum Gasteiger partial charge on any atom is 0.327 e. The summed E-state index contributed by atoms with van der Waals surface area (Å²) < 4.78 is 0. The molecule has 0 fully saturated rings. The van der Waals surface area contributed by atoms with Crippen LogP contribution in [0, 0.1) is 0 Å². The number of nitrogens with zero attached hydrogens (tertiary/aromatic N) is 1. The largest absolute Gasteiger partial charge is 0.480 e. The van der Waals surface area contributed by atoms with Gasteiger partial charge in [-0.1, -0.05) is 0 Å². The lowest BCUT2D eigenvalue weighted by molar-refractivity contribution is -0.141. The van der Waals surface area contributed by atoms with E-state index in [4.69, 9.17) is 22.3 Å². The number of hydrogen-bond acceptors (Lipinski definition) is 6. The number of carboxylic acids is 1. The molecular formula is C11H22N6O4S. The molecular weight excluding hydrogens is 312 g/mol. The van der Waals surface area contributed by atoms with E-state index < -0.39 is 29.9 Å². The molecule has 2 amide bonds. The van der Waals surface area contributed by atoms with E-state index in [0.717, 1.165) is 0 Å². The van der Waals surface area contributed by atoms with Gasteiger partial charge in [-0.05, 0) is 12.8 Å². The second kappa shape index (κ2) is 10.7. The first kappa shape index (κ1) is 20.0. The zero-order valence-electron chi connectivity index (χ0n) is 12.0. The average Bonchev–Trinajstić information content (AvgIpc) is 2.46. The van der Waals surface area contributed by atoms with Crippen molar-refractivity contribution in [3.8, 4) is 0 Å². The summed E-state index contributed by atoms with van der Waals surface area (Å²) >= 11 is 3.85. The van der Waals surface area contributed by atoms with Crippen LogP contribution in [0.15, 0.2) is 4.99 Å². The molecule has 0 rings (SSSR count). The molecule has 0 aromatic carbocycles. The first-order valence-electron chi connectivity index (χ1n) is 6.50. The van der Waals surface area contributed by atoms with Crippen LogP contribution in [0.2, 0.25) is 0 Å². The van der Waals surface area contributed by atoms with Gasteiger partial charge >= 0.3 is 5.97 Å². The predicted molar refractivity (Wildman–Crippen MR) is 84.3 cm³/mol. The topological polar surface area (TPSA) is 186 Å². The van der Waals surface area contributed by atoms with E-state index in [9.17, 15) is 14.4 Å². The number of aliphatic imine (C=N–C) groups is 1. The molecule has 0 aromatic rings. The Bertz CT molecular complexity index is 427. The molecule has 126 valence electrons. The number of thiol groups is 1. The molecule has 10 nitrogen and oxygen atoms in total. The summed E-state index contributed by atoms with van der Waals surface area (Å²) in [6, 6.07) is -2.07. The highest BCUT2D eigenvalue weighted by molar-refractivity contribution is 7.80. The van der Waals surface area contributed by atoms with Crippen LogP contribution in [0.25, 0.3) is 0 Å². The number of amides is 2. The lowest BCUT2D eigenvalue weighted by Crippen LogP contribution is -2.53. The summed E-state index contributed by atoms with van der Waals surface area (Å²) in [6.07, 6.45) is 0.646. The minimum absolute atomic E-state index is 0.0759. The highest BCUT2D eigenvalue weighted by Gasteiger charge is 2.25. The molecule has 0 heterocycles. The van der Waals surface area contributed by atoms with Crippen molar-refractivity contribution in [1.82, 2.24) is 10.6 Å². The Morgan fingerprint density at radius 3 is 2.27 bits per heavy atom. The molecule has 9 N–H and O–H groups in total. The van der Waals surface area contributed by atoms with Gasteiger partial charge in [-0.2, -0.15) is 12.6 Å². The number of rotatable bonds is 10. The van der Waals surface area contributed by atoms with E-state index in [0.29, 0.717) is 6.42 Å². The van der Waals surface area contributed by atoms with E-state index in [-0.39, 0.29) is 31.2 Å². The van der Waals surface area contributed by atoms with Gasteiger partial charge in [0.25, 0.3) is 0 Å². The van der Waals surface area contributed by atoms with Crippen molar-refractivity contribution in [1.29, 1.82) is 0 Å². The van der Waals surface area contributed by atoms with Crippen molar-refractivity contribution < 1.29 is 19.5 Å². The van der Waals surface area contributed by atoms with Crippen molar-refractivity contribution in [2.75, 3.05) is 18.8 Å². The molecule has 0 radical (unpaired) electrons. The van der Waals surface area contributed by atoms with Crippen molar-refractivity contribution in [2.24, 2.45) is 22.2 Å². The Kier molecular flexibility index (Phi) is 9.70. The molecule has 22 heavy (non-hydrogen) atoms. The number of carboxylic acid groups (broad SMARTS) is 1. The fourth-order valence-corrected chi connectivity index (χ4v) is 1.73. The van der Waals surface area contributed by atoms with Gasteiger partial charge in [-0.25, -0.2) is 4.79 Å². The van der Waals surface area contributed by atoms with Crippen molar-refractivity contribution in [2.45, 2.75) is 24.9 Å². The molecule has 0 aliphatic heterocycles. The van der Waals surface area contributed by atoms with Gasteiger partial charge in [0.1, 0.15) is 12.1 Å². The third kappa shape index (κ3) is 8.32. The maximum atomic E-state index is 12.0. The molecule has 0 bridgehead atoms. The highest BCUT2D eigenvalue weighted by atomic mass is 32.1. The Hall–Kier alpha value is -2.01. The highest BCUT2D eigenvalue weighted by Crippen LogP contribution is 2.00. The van der Waals surface area contributed by atoms with Gasteiger partial charge < -0.3 is 32.9 Å². The summed E-state index contributed by atoms with van der Waals surface area (Å²) in [4.78, 5) is 38.0. The Morgan fingerprint density at radius 2 is 1.82 bits per heavy atom. The molecule has 0 aliphatic carbocycles. The van der Waals surface area contributed by atoms with Crippen LogP contribution in [-0.4, -0.2) is 59.8 Å². The number of nitrogens with one attached hydrogen (secondary N) is 2. The van der Waals surface area contributed by atoms with Crippen LogP contribution >= 0.6 is 12.6 Å². The van der Waals surface area contributed by atoms with Crippen molar-refractivity contribution in [3.05, 3.63) is 0 Å². The van der Waals surface area contributed by atoms with E-state index in [1.165, 1.54) is 0 Å². The quantitative estimate of drug-likeness (QED) is 0.0958. The molecule has 0 aliphatic rings. The van der Waals surface area contributed by atoms with Gasteiger partial charge in [0.15, 0.2) is 5.96 Å². The molecule has 2 unspecified atom stereocenters. The van der Waals surface area contributed by atoms with Crippen LogP contribution in [0.4, 0.5) is 0 Å². The Morgan fingerprint density at radius 1 is 1.18 bits per heavy atom. The van der Waals surface area contributed by atoms with Gasteiger partial charge in [-0.3, -0.25) is 14.6 Å². The van der Waals surface area contributed by atoms with E-state index in [1.54, 1.807) is 0 Å². The summed E-state index contributed by atoms with van der Waals surface area (Å²) in [6.45, 7) is -0.00779. The van der Waals surface area contributed by atoms with E-state index in [1.807, 2.05) is 0 Å². The Balaban J connectivity index is 4.68. The summed E-state index contributed by atoms with van der Waals surface area (Å²) in [5.74, 6) is -2.53. The molecule has 11 heteroatoms. The smallest absolute Gasteiger partial charge is 0.327 e. The number of nitrogens with two attached hydrogens (primary N) is 3.